The summed E-state index contributed by atoms with van der Waals surface area (Å²) in [6.45, 7) is 16.1. The number of nitrogens with zero attached hydrogens (tertiary/aromatic N) is 5. The zero-order valence-electron chi connectivity index (χ0n) is 36.9. The minimum Gasteiger partial charge on any atom is -0.464 e. The summed E-state index contributed by atoms with van der Waals surface area (Å²) in [4.78, 5) is 55.1. The zero-order chi connectivity index (χ0) is 43.2. The average Bonchev–Trinajstić information content (AvgIpc) is 3.52. The molecule has 2 aromatic heterocycles. The number of fused-ring (bicyclic) bond motifs is 5. The Balaban J connectivity index is 1.24. The molecule has 0 radical (unpaired) electrons. The minimum absolute atomic E-state index is 0.168. The second-order valence-corrected chi connectivity index (χ2v) is 19.5. The molecule has 3 aromatic rings. The number of hydrogen-bond acceptors (Lipinski definition) is 12. The zero-order valence-corrected chi connectivity index (χ0v) is 37.8. The number of methoxy groups -OCH3 is 1. The van der Waals surface area contributed by atoms with Gasteiger partial charge in [-0.3, -0.25) is 34.3 Å². The monoisotopic (exact) mass is 857 g/mol. The van der Waals surface area contributed by atoms with Crippen molar-refractivity contribution in [1.29, 1.82) is 0 Å². The topological polar surface area (TPSA) is 149 Å². The van der Waals surface area contributed by atoms with Gasteiger partial charge in [0, 0.05) is 66.5 Å². The molecule has 2 N–H and O–H groups in total. The first kappa shape index (κ1) is 43.8. The Morgan fingerprint density at radius 2 is 1.97 bits per heavy atom. The van der Waals surface area contributed by atoms with Gasteiger partial charge in [0.1, 0.15) is 23.2 Å². The van der Waals surface area contributed by atoms with Crippen LogP contribution in [0.5, 0.6) is 0 Å². The number of ether oxygens (including phenoxy) is 4. The fourth-order valence-electron chi connectivity index (χ4n) is 9.37. The molecule has 8 rings (SSSR count). The number of likely N-dealkylation sites (N-methyl/N-ethyl adjacent to an activating group) is 1. The number of aliphatic imine (C=N–C) groups is 1. The molecule has 3 fully saturated rings. The Hall–Kier alpha value is -3.86. The van der Waals surface area contributed by atoms with Gasteiger partial charge in [0.25, 0.3) is 5.91 Å². The summed E-state index contributed by atoms with van der Waals surface area (Å²) in [5.41, 5.74) is 8.98. The van der Waals surface area contributed by atoms with Crippen LogP contribution >= 0.6 is 11.8 Å². The molecule has 61 heavy (non-hydrogen) atoms. The Labute approximate surface area is 363 Å². The predicted molar refractivity (Wildman–Crippen MR) is 236 cm³/mol. The summed E-state index contributed by atoms with van der Waals surface area (Å²) in [7, 11) is 3.75. The molecular formula is C46H63N7O7S. The third-order valence-electron chi connectivity index (χ3n) is 13.6. The van der Waals surface area contributed by atoms with E-state index in [0.29, 0.717) is 69.0 Å². The van der Waals surface area contributed by atoms with Gasteiger partial charge >= 0.3 is 5.97 Å². The predicted octanol–water partition coefficient (Wildman–Crippen LogP) is 5.34. The lowest BCUT2D eigenvalue weighted by atomic mass is 9.84. The maximum absolute atomic E-state index is 14.9. The molecule has 6 bridgehead atoms. The smallest absolute Gasteiger partial charge is 0.324 e. The van der Waals surface area contributed by atoms with Crippen molar-refractivity contribution >= 4 is 45.5 Å². The van der Waals surface area contributed by atoms with E-state index in [1.54, 1.807) is 18.9 Å². The average molecular weight is 858 g/mol. The fourth-order valence-corrected chi connectivity index (χ4v) is 10.5. The number of benzene rings is 1. The first-order valence-electron chi connectivity index (χ1n) is 22.1. The number of amides is 2. The van der Waals surface area contributed by atoms with Crippen LogP contribution in [0.4, 0.5) is 0 Å². The summed E-state index contributed by atoms with van der Waals surface area (Å²) in [5, 5.41) is 6.44. The van der Waals surface area contributed by atoms with E-state index >= 15 is 0 Å². The van der Waals surface area contributed by atoms with Crippen LogP contribution in [0.3, 0.4) is 0 Å². The van der Waals surface area contributed by atoms with Gasteiger partial charge in [-0.15, -0.1) is 11.8 Å². The number of rotatable bonds is 11. The lowest BCUT2D eigenvalue weighted by Crippen LogP contribution is -2.63. The Morgan fingerprint density at radius 3 is 2.67 bits per heavy atom. The normalized spacial score (nSPS) is 28.6. The molecule has 15 heteroatoms. The standard InChI is InChI=1S/C46H63N7O7S/c1-9-52-36-15-14-29-20-32(36)33(40(52)31-12-10-16-47-38(31)28(4)57-8)21-46(5,6)25-60-45(56)34-13-11-17-53(50-34)44(55)39(49-42(54)37-26(2)27(37)3)41(43-48-35(29)24-61-43)59-19-18-51(7)30-22-58-23-30/h10,12,14-16,20,26-28,30,34-35,37,39,41,50H,9,11,13,17-19,21-25H2,1-8H3,(H,49,54)/t26-,27+,28-,34-,35?,37+,39-,41-/m0/s1. The van der Waals surface area contributed by atoms with Crippen LogP contribution in [0.1, 0.15) is 83.4 Å². The molecule has 2 amide bonds. The highest BCUT2D eigenvalue weighted by molar-refractivity contribution is 8.14. The summed E-state index contributed by atoms with van der Waals surface area (Å²) >= 11 is 1.58. The van der Waals surface area contributed by atoms with E-state index in [1.165, 1.54) is 5.01 Å². The van der Waals surface area contributed by atoms with Crippen molar-refractivity contribution < 1.29 is 33.3 Å². The molecule has 0 spiro atoms. The number of cyclic esters (lactones) is 1. The Kier molecular flexibility index (Phi) is 13.0. The van der Waals surface area contributed by atoms with Gasteiger partial charge in [-0.25, -0.2) is 5.43 Å². The summed E-state index contributed by atoms with van der Waals surface area (Å²) < 4.78 is 26.5. The van der Waals surface area contributed by atoms with E-state index < -0.39 is 29.6 Å². The van der Waals surface area contributed by atoms with Gasteiger partial charge in [0.2, 0.25) is 5.91 Å². The van der Waals surface area contributed by atoms with Crippen LogP contribution in [0.15, 0.2) is 41.5 Å². The fraction of sp³-hybridized carbons (Fsp3) is 0.630. The van der Waals surface area contributed by atoms with Crippen molar-refractivity contribution in [3.05, 3.63) is 53.3 Å². The van der Waals surface area contributed by atoms with Gasteiger partial charge < -0.3 is 28.8 Å². The molecule has 1 unspecified atom stereocenters. The van der Waals surface area contributed by atoms with Gasteiger partial charge in [0.05, 0.1) is 56.0 Å². The van der Waals surface area contributed by atoms with Crippen LogP contribution < -0.4 is 10.7 Å². The van der Waals surface area contributed by atoms with Gasteiger partial charge in [-0.2, -0.15) is 0 Å². The third-order valence-corrected chi connectivity index (χ3v) is 14.7. The number of carbonyl (C=O) groups is 3. The maximum atomic E-state index is 14.9. The first-order valence-corrected chi connectivity index (χ1v) is 23.1. The Morgan fingerprint density at radius 1 is 1.18 bits per heavy atom. The summed E-state index contributed by atoms with van der Waals surface area (Å²) in [6.07, 6.45) is 2.44. The summed E-state index contributed by atoms with van der Waals surface area (Å²) in [6, 6.07) is 9.01. The molecule has 1 aromatic carbocycles. The highest BCUT2D eigenvalue weighted by atomic mass is 32.2. The van der Waals surface area contributed by atoms with Crippen molar-refractivity contribution in [2.45, 2.75) is 104 Å². The van der Waals surface area contributed by atoms with Crippen LogP contribution in [0.25, 0.3) is 22.2 Å². The number of nitrogens with one attached hydrogen (secondary N) is 2. The lowest BCUT2D eigenvalue weighted by Gasteiger charge is -2.38. The highest BCUT2D eigenvalue weighted by Gasteiger charge is 2.50. The van der Waals surface area contributed by atoms with Crippen molar-refractivity contribution in [2.24, 2.45) is 28.2 Å². The number of pyridine rings is 1. The van der Waals surface area contributed by atoms with E-state index in [1.807, 2.05) is 26.2 Å². The van der Waals surface area contributed by atoms with Crippen LogP contribution in [0, 0.1) is 23.2 Å². The molecule has 4 aliphatic heterocycles. The van der Waals surface area contributed by atoms with E-state index in [9.17, 15) is 14.4 Å². The van der Waals surface area contributed by atoms with Crippen molar-refractivity contribution in [3.63, 3.8) is 0 Å². The number of esters is 1. The van der Waals surface area contributed by atoms with Gasteiger partial charge in [0.15, 0.2) is 0 Å². The molecule has 6 heterocycles. The van der Waals surface area contributed by atoms with Crippen molar-refractivity contribution in [3.8, 4) is 11.3 Å². The minimum atomic E-state index is -1.08. The second-order valence-electron chi connectivity index (χ2n) is 18.4. The number of thioether (sulfide) groups is 1. The van der Waals surface area contributed by atoms with Crippen LogP contribution in [-0.2, 0) is 46.3 Å². The molecule has 1 saturated carbocycles. The van der Waals surface area contributed by atoms with Gasteiger partial charge in [-0.1, -0.05) is 33.8 Å². The third kappa shape index (κ3) is 8.88. The second kappa shape index (κ2) is 18.1. The van der Waals surface area contributed by atoms with E-state index in [4.69, 9.17) is 28.9 Å². The van der Waals surface area contributed by atoms with Crippen LogP contribution in [-0.4, -0.2) is 126 Å². The van der Waals surface area contributed by atoms with Crippen LogP contribution in [0.2, 0.25) is 0 Å². The molecular weight excluding hydrogens is 795 g/mol. The highest BCUT2D eigenvalue weighted by Crippen LogP contribution is 2.46. The number of aromatic nitrogens is 2. The number of aryl methyl sites for hydroxylation is 1. The van der Waals surface area contributed by atoms with Gasteiger partial charge in [-0.05, 0) is 87.4 Å². The molecule has 5 aliphatic rings. The first-order chi connectivity index (χ1) is 29.3. The molecule has 14 nitrogen and oxygen atoms in total. The lowest BCUT2D eigenvalue weighted by molar-refractivity contribution is -0.156. The summed E-state index contributed by atoms with van der Waals surface area (Å²) in [5.74, 6) is -0.0623. The molecule has 1 aliphatic carbocycles. The number of hydrogen-bond donors (Lipinski definition) is 2. The molecule has 330 valence electrons. The van der Waals surface area contributed by atoms with Crippen molar-refractivity contribution in [2.75, 3.05) is 59.4 Å². The largest absolute Gasteiger partial charge is 0.464 e. The molecule has 8 atom stereocenters. The maximum Gasteiger partial charge on any atom is 0.324 e. The quantitative estimate of drug-likeness (QED) is 0.241. The van der Waals surface area contributed by atoms with E-state index in [0.717, 1.165) is 45.5 Å². The SMILES string of the molecule is CCn1c(-c2cccnc2[C@H](C)OC)c2c3cc(ccc31)C1CSC(=N1)[C@@H](OCCN(C)C1COC1)[C@H](NC(=O)[C@H]1[C@H](C)[C@@H]1C)C(=O)N1CCC[C@H](N1)C(=O)OCC(C)(C)C2. The van der Waals surface area contributed by atoms with E-state index in [-0.39, 0.29) is 48.3 Å². The Bertz CT molecular complexity index is 2150. The molecule has 2 saturated heterocycles. The van der Waals surface area contributed by atoms with E-state index in [2.05, 4.69) is 79.1 Å². The van der Waals surface area contributed by atoms with Crippen molar-refractivity contribution in [1.82, 2.24) is 30.2 Å². The number of carbonyl (C=O) groups excluding carboxylic acids is 3. The number of hydrazine groups is 1.